The zero-order valence-electron chi connectivity index (χ0n) is 18.2. The van der Waals surface area contributed by atoms with E-state index in [2.05, 4.69) is 21.3 Å². The van der Waals surface area contributed by atoms with Gasteiger partial charge in [-0.1, -0.05) is 6.07 Å². The summed E-state index contributed by atoms with van der Waals surface area (Å²) in [5.41, 5.74) is 2.17. The van der Waals surface area contributed by atoms with Gasteiger partial charge < -0.3 is 19.7 Å². The molecule has 4 heterocycles. The topological polar surface area (TPSA) is 108 Å². The van der Waals surface area contributed by atoms with Crippen molar-refractivity contribution >= 4 is 34.4 Å². The van der Waals surface area contributed by atoms with Gasteiger partial charge in [-0.25, -0.2) is 4.79 Å². The highest BCUT2D eigenvalue weighted by Gasteiger charge is 2.28. The molecule has 0 radical (unpaired) electrons. The highest BCUT2D eigenvalue weighted by atomic mass is 32.1. The molecule has 2 amide bonds. The van der Waals surface area contributed by atoms with Crippen LogP contribution in [0.4, 0.5) is 9.80 Å². The summed E-state index contributed by atoms with van der Waals surface area (Å²) in [5.74, 6) is -0.326. The van der Waals surface area contributed by atoms with Crippen molar-refractivity contribution < 1.29 is 19.1 Å². The molecule has 2 aliphatic heterocycles. The van der Waals surface area contributed by atoms with E-state index < -0.39 is 0 Å². The summed E-state index contributed by atoms with van der Waals surface area (Å²) >= 11 is 1.33. The van der Waals surface area contributed by atoms with Gasteiger partial charge in [0.05, 0.1) is 25.3 Å². The zero-order chi connectivity index (χ0) is 23.0. The molecule has 0 aromatic carbocycles. The molecule has 0 saturated carbocycles. The van der Waals surface area contributed by atoms with Crippen LogP contribution in [0.2, 0.25) is 0 Å². The van der Waals surface area contributed by atoms with Crippen molar-refractivity contribution in [1.82, 2.24) is 14.8 Å². The fourth-order valence-electron chi connectivity index (χ4n) is 3.74. The summed E-state index contributed by atoms with van der Waals surface area (Å²) in [6.07, 6.45) is 6.59. The number of fused-ring (bicyclic) bond motifs is 1. The number of amides is 2. The third-order valence-corrected chi connectivity index (χ3v) is 6.64. The lowest BCUT2D eigenvalue weighted by Crippen LogP contribution is -2.40. The number of morpholine rings is 1. The van der Waals surface area contributed by atoms with Gasteiger partial charge in [-0.2, -0.15) is 5.26 Å². The second-order valence-corrected chi connectivity index (χ2v) is 8.77. The van der Waals surface area contributed by atoms with Crippen LogP contribution in [0.3, 0.4) is 0 Å². The van der Waals surface area contributed by atoms with Crippen molar-refractivity contribution in [2.75, 3.05) is 51.3 Å². The van der Waals surface area contributed by atoms with Crippen LogP contribution < -0.4 is 5.32 Å². The van der Waals surface area contributed by atoms with Gasteiger partial charge in [0.25, 0.3) is 0 Å². The van der Waals surface area contributed by atoms with E-state index in [9.17, 15) is 14.9 Å². The van der Waals surface area contributed by atoms with Gasteiger partial charge in [-0.05, 0) is 29.7 Å². The average Bonchev–Trinajstić information content (AvgIpc) is 3.20. The first-order valence-electron chi connectivity index (χ1n) is 10.8. The molecule has 0 atom stereocenters. The predicted molar refractivity (Wildman–Crippen MR) is 124 cm³/mol. The van der Waals surface area contributed by atoms with Gasteiger partial charge >= 0.3 is 6.09 Å². The molecule has 2 aromatic heterocycles. The molecule has 4 rings (SSSR count). The largest absolute Gasteiger partial charge is 0.448 e. The smallest absolute Gasteiger partial charge is 0.410 e. The Hall–Kier alpha value is -3.26. The van der Waals surface area contributed by atoms with Crippen LogP contribution in [0.5, 0.6) is 0 Å². The molecule has 0 unspecified atom stereocenters. The third-order valence-electron chi connectivity index (χ3n) is 5.51. The minimum absolute atomic E-state index is 0.326. The lowest BCUT2D eigenvalue weighted by Gasteiger charge is -2.28. The molecule has 1 N–H and O–H groups in total. The quantitative estimate of drug-likeness (QED) is 0.651. The summed E-state index contributed by atoms with van der Waals surface area (Å²) in [5, 5.41) is 13.0. The number of pyridine rings is 1. The molecule has 0 bridgehead atoms. The average molecular weight is 468 g/mol. The van der Waals surface area contributed by atoms with E-state index in [1.807, 2.05) is 6.07 Å². The highest BCUT2D eigenvalue weighted by molar-refractivity contribution is 7.16. The molecule has 0 spiro atoms. The van der Waals surface area contributed by atoms with Crippen LogP contribution in [-0.2, 0) is 27.2 Å². The summed E-state index contributed by atoms with van der Waals surface area (Å²) in [7, 11) is 0. The molecule has 9 nitrogen and oxygen atoms in total. The van der Waals surface area contributed by atoms with E-state index in [4.69, 9.17) is 9.47 Å². The molecular weight excluding hydrogens is 442 g/mol. The number of hydrogen-bond acceptors (Lipinski definition) is 8. The maximum absolute atomic E-state index is 12.5. The molecule has 2 aliphatic rings. The minimum Gasteiger partial charge on any atom is -0.448 e. The molecule has 1 saturated heterocycles. The number of aromatic nitrogens is 1. The standard InChI is InChI=1S/C23H25N5O4S/c24-14-19-18-5-7-28(23(30)32-13-10-27-8-11-31-12-9-27)16-20(18)33-22(19)26-21(29)4-3-17-2-1-6-25-15-17/h1-4,6,15H,5,7-13,16H2,(H,26,29)/b4-3+. The fraction of sp³-hybridized carbons (Fsp3) is 0.391. The fourth-order valence-corrected chi connectivity index (χ4v) is 4.96. The molecule has 2 aromatic rings. The van der Waals surface area contributed by atoms with Crippen molar-refractivity contribution in [2.24, 2.45) is 0 Å². The van der Waals surface area contributed by atoms with Crippen molar-refractivity contribution in [3.05, 3.63) is 52.2 Å². The van der Waals surface area contributed by atoms with E-state index in [-0.39, 0.29) is 12.0 Å². The number of carbonyl (C=O) groups excluding carboxylic acids is 2. The first-order chi connectivity index (χ1) is 16.1. The number of hydrogen-bond donors (Lipinski definition) is 1. The van der Waals surface area contributed by atoms with Gasteiger partial charge in [-0.3, -0.25) is 14.7 Å². The summed E-state index contributed by atoms with van der Waals surface area (Å²) < 4.78 is 10.8. The van der Waals surface area contributed by atoms with E-state index in [1.54, 1.807) is 29.4 Å². The first kappa shape index (κ1) is 22.9. The number of carbonyl (C=O) groups is 2. The number of thiophene rings is 1. The van der Waals surface area contributed by atoms with Crippen LogP contribution in [0, 0.1) is 11.3 Å². The molecule has 172 valence electrons. The van der Waals surface area contributed by atoms with Crippen LogP contribution in [0.15, 0.2) is 30.6 Å². The van der Waals surface area contributed by atoms with Gasteiger partial charge in [0, 0.05) is 49.5 Å². The van der Waals surface area contributed by atoms with Gasteiger partial charge in [0.1, 0.15) is 17.7 Å². The molecule has 0 aliphatic carbocycles. The Morgan fingerprint density at radius 1 is 1.33 bits per heavy atom. The number of nitrogens with one attached hydrogen (secondary N) is 1. The second-order valence-electron chi connectivity index (χ2n) is 7.67. The molecule has 33 heavy (non-hydrogen) atoms. The van der Waals surface area contributed by atoms with E-state index in [1.165, 1.54) is 17.4 Å². The number of anilines is 1. The van der Waals surface area contributed by atoms with E-state index in [0.29, 0.717) is 56.4 Å². The van der Waals surface area contributed by atoms with Crippen LogP contribution in [0.1, 0.15) is 21.6 Å². The number of ether oxygens (including phenoxy) is 2. The normalized spacial score (nSPS) is 16.3. The number of nitriles is 1. The lowest BCUT2D eigenvalue weighted by atomic mass is 10.0. The van der Waals surface area contributed by atoms with Gasteiger partial charge in [-0.15, -0.1) is 11.3 Å². The summed E-state index contributed by atoms with van der Waals surface area (Å²) in [4.78, 5) is 33.7. The third kappa shape index (κ3) is 5.96. The Bertz CT molecular complexity index is 1060. The Balaban J connectivity index is 1.34. The summed E-state index contributed by atoms with van der Waals surface area (Å²) in [6, 6.07) is 5.84. The monoisotopic (exact) mass is 467 g/mol. The van der Waals surface area contributed by atoms with Crippen LogP contribution >= 0.6 is 11.3 Å². The molecular formula is C23H25N5O4S. The van der Waals surface area contributed by atoms with Crippen LogP contribution in [-0.4, -0.2) is 72.8 Å². The Morgan fingerprint density at radius 2 is 2.18 bits per heavy atom. The highest BCUT2D eigenvalue weighted by Crippen LogP contribution is 2.36. The Morgan fingerprint density at radius 3 is 2.94 bits per heavy atom. The predicted octanol–water partition coefficient (Wildman–Crippen LogP) is 2.49. The summed E-state index contributed by atoms with van der Waals surface area (Å²) in [6.45, 7) is 4.98. The van der Waals surface area contributed by atoms with Crippen molar-refractivity contribution in [2.45, 2.75) is 13.0 Å². The van der Waals surface area contributed by atoms with Crippen molar-refractivity contribution in [1.29, 1.82) is 5.26 Å². The maximum atomic E-state index is 12.5. The van der Waals surface area contributed by atoms with Crippen molar-refractivity contribution in [3.8, 4) is 6.07 Å². The molecule has 1 fully saturated rings. The minimum atomic E-state index is -0.356. The van der Waals surface area contributed by atoms with Crippen molar-refractivity contribution in [3.63, 3.8) is 0 Å². The Kier molecular flexibility index (Phi) is 7.67. The zero-order valence-corrected chi connectivity index (χ0v) is 19.0. The molecule has 10 heteroatoms. The van der Waals surface area contributed by atoms with Gasteiger partial charge in [0.15, 0.2) is 0 Å². The van der Waals surface area contributed by atoms with E-state index >= 15 is 0 Å². The van der Waals surface area contributed by atoms with Crippen LogP contribution in [0.25, 0.3) is 6.08 Å². The lowest BCUT2D eigenvalue weighted by molar-refractivity contribution is -0.111. The van der Waals surface area contributed by atoms with E-state index in [0.717, 1.165) is 29.1 Å². The van der Waals surface area contributed by atoms with Gasteiger partial charge in [0.2, 0.25) is 5.91 Å². The number of nitrogens with zero attached hydrogens (tertiary/aromatic N) is 4. The Labute approximate surface area is 196 Å². The number of rotatable bonds is 6. The SMILES string of the molecule is N#Cc1c(NC(=O)/C=C/c2cccnc2)sc2c1CCN(C(=O)OCCN1CCOCC1)C2. The maximum Gasteiger partial charge on any atom is 0.410 e. The second kappa shape index (κ2) is 11.0. The first-order valence-corrected chi connectivity index (χ1v) is 11.6.